The van der Waals surface area contributed by atoms with E-state index in [9.17, 15) is 0 Å². The van der Waals surface area contributed by atoms with Crippen molar-refractivity contribution in [1.29, 1.82) is 0 Å². The van der Waals surface area contributed by atoms with Gasteiger partial charge < -0.3 is 5.32 Å². The second-order valence-electron chi connectivity index (χ2n) is 3.97. The van der Waals surface area contributed by atoms with Crippen LogP contribution in [0.2, 0.25) is 0 Å². The van der Waals surface area contributed by atoms with Crippen LogP contribution in [0.1, 0.15) is 5.56 Å². The van der Waals surface area contributed by atoms with E-state index in [2.05, 4.69) is 59.9 Å². The molecule has 0 saturated heterocycles. The minimum Gasteiger partial charge on any atom is -0.380 e. The normalized spacial score (nSPS) is 16.4. The summed E-state index contributed by atoms with van der Waals surface area (Å²) in [5, 5.41) is 3.44. The van der Waals surface area contributed by atoms with Crippen molar-refractivity contribution in [2.45, 2.75) is 4.90 Å². The van der Waals surface area contributed by atoms with Crippen molar-refractivity contribution in [3.8, 4) is 0 Å². The number of para-hydroxylation sites is 1. The van der Waals surface area contributed by atoms with E-state index in [1.807, 2.05) is 17.8 Å². The van der Waals surface area contributed by atoms with Gasteiger partial charge in [-0.1, -0.05) is 54.2 Å². The molecule has 0 aromatic heterocycles. The maximum absolute atomic E-state index is 3.44. The van der Waals surface area contributed by atoms with Gasteiger partial charge in [-0.05, 0) is 23.8 Å². The Morgan fingerprint density at radius 3 is 2.59 bits per heavy atom. The Labute approximate surface area is 106 Å². The monoisotopic (exact) mass is 239 g/mol. The van der Waals surface area contributed by atoms with Gasteiger partial charge in [-0.2, -0.15) is 0 Å². The SMILES string of the molecule is C(=C1CNc2ccccc2S1)c1ccccc1. The number of anilines is 1. The third kappa shape index (κ3) is 2.37. The largest absolute Gasteiger partial charge is 0.380 e. The van der Waals surface area contributed by atoms with Crippen molar-refractivity contribution in [1.82, 2.24) is 0 Å². The summed E-state index contributed by atoms with van der Waals surface area (Å²) < 4.78 is 0. The molecule has 0 aliphatic carbocycles. The molecule has 0 amide bonds. The highest BCUT2D eigenvalue weighted by Crippen LogP contribution is 2.37. The van der Waals surface area contributed by atoms with E-state index >= 15 is 0 Å². The molecule has 2 heteroatoms. The summed E-state index contributed by atoms with van der Waals surface area (Å²) in [4.78, 5) is 2.66. The molecule has 2 aromatic rings. The maximum Gasteiger partial charge on any atom is 0.0484 e. The van der Waals surface area contributed by atoms with Crippen LogP contribution in [0.15, 0.2) is 64.4 Å². The highest BCUT2D eigenvalue weighted by atomic mass is 32.2. The van der Waals surface area contributed by atoms with Crippen LogP contribution in [-0.4, -0.2) is 6.54 Å². The fourth-order valence-corrected chi connectivity index (χ4v) is 2.90. The molecule has 0 spiro atoms. The van der Waals surface area contributed by atoms with Gasteiger partial charge >= 0.3 is 0 Å². The van der Waals surface area contributed by atoms with Crippen LogP contribution in [0.4, 0.5) is 5.69 Å². The topological polar surface area (TPSA) is 12.0 Å². The summed E-state index contributed by atoms with van der Waals surface area (Å²) in [6.07, 6.45) is 2.24. The van der Waals surface area contributed by atoms with E-state index in [4.69, 9.17) is 0 Å². The summed E-state index contributed by atoms with van der Waals surface area (Å²) in [6, 6.07) is 18.9. The summed E-state index contributed by atoms with van der Waals surface area (Å²) in [6.45, 7) is 0.913. The maximum atomic E-state index is 3.44. The molecule has 17 heavy (non-hydrogen) atoms. The van der Waals surface area contributed by atoms with Gasteiger partial charge in [0.25, 0.3) is 0 Å². The molecule has 1 heterocycles. The lowest BCUT2D eigenvalue weighted by molar-refractivity contribution is 1.24. The van der Waals surface area contributed by atoms with Crippen LogP contribution >= 0.6 is 11.8 Å². The molecular weight excluding hydrogens is 226 g/mol. The van der Waals surface area contributed by atoms with Crippen molar-refractivity contribution in [2.75, 3.05) is 11.9 Å². The number of benzene rings is 2. The van der Waals surface area contributed by atoms with Crippen LogP contribution in [0.3, 0.4) is 0 Å². The fraction of sp³-hybridized carbons (Fsp3) is 0.0667. The standard InChI is InChI=1S/C15H13NS/c1-2-6-12(7-3-1)10-13-11-16-14-8-4-5-9-15(14)17-13/h1-10,16H,11H2. The number of fused-ring (bicyclic) bond motifs is 1. The van der Waals surface area contributed by atoms with Gasteiger partial charge in [-0.15, -0.1) is 0 Å². The molecular formula is C15H13NS. The zero-order valence-electron chi connectivity index (χ0n) is 9.39. The molecule has 84 valence electrons. The summed E-state index contributed by atoms with van der Waals surface area (Å²) in [5.74, 6) is 0. The Bertz CT molecular complexity index is 546. The first-order valence-corrected chi connectivity index (χ1v) is 6.50. The van der Waals surface area contributed by atoms with Crippen molar-refractivity contribution in [2.24, 2.45) is 0 Å². The van der Waals surface area contributed by atoms with Gasteiger partial charge in [0.15, 0.2) is 0 Å². The smallest absolute Gasteiger partial charge is 0.0484 e. The summed E-state index contributed by atoms with van der Waals surface area (Å²) in [5.41, 5.74) is 2.50. The van der Waals surface area contributed by atoms with Crippen molar-refractivity contribution in [3.05, 3.63) is 65.1 Å². The molecule has 0 unspecified atom stereocenters. The minimum atomic E-state index is 0.913. The average molecular weight is 239 g/mol. The van der Waals surface area contributed by atoms with E-state index in [1.165, 1.54) is 21.1 Å². The van der Waals surface area contributed by atoms with E-state index in [1.54, 1.807) is 0 Å². The summed E-state index contributed by atoms with van der Waals surface area (Å²) >= 11 is 1.85. The van der Waals surface area contributed by atoms with E-state index in [0.29, 0.717) is 0 Å². The summed E-state index contributed by atoms with van der Waals surface area (Å²) in [7, 11) is 0. The predicted molar refractivity (Wildman–Crippen MR) is 75.2 cm³/mol. The third-order valence-corrected chi connectivity index (χ3v) is 3.81. The van der Waals surface area contributed by atoms with Gasteiger partial charge in [0.2, 0.25) is 0 Å². The quantitative estimate of drug-likeness (QED) is 0.798. The zero-order valence-corrected chi connectivity index (χ0v) is 10.2. The van der Waals surface area contributed by atoms with E-state index < -0.39 is 0 Å². The number of thioether (sulfide) groups is 1. The Morgan fingerprint density at radius 1 is 0.941 bits per heavy atom. The minimum absolute atomic E-state index is 0.913. The van der Waals surface area contributed by atoms with Crippen molar-refractivity contribution in [3.63, 3.8) is 0 Å². The van der Waals surface area contributed by atoms with Crippen molar-refractivity contribution < 1.29 is 0 Å². The van der Waals surface area contributed by atoms with Crippen LogP contribution in [-0.2, 0) is 0 Å². The third-order valence-electron chi connectivity index (χ3n) is 2.71. The highest BCUT2D eigenvalue weighted by Gasteiger charge is 2.11. The zero-order chi connectivity index (χ0) is 11.5. The van der Waals surface area contributed by atoms with Crippen LogP contribution < -0.4 is 5.32 Å². The Morgan fingerprint density at radius 2 is 1.71 bits per heavy atom. The molecule has 1 nitrogen and oxygen atoms in total. The highest BCUT2D eigenvalue weighted by molar-refractivity contribution is 8.03. The number of nitrogens with one attached hydrogen (secondary N) is 1. The van der Waals surface area contributed by atoms with Gasteiger partial charge in [-0.25, -0.2) is 0 Å². The average Bonchev–Trinajstić information content (AvgIpc) is 2.40. The Kier molecular flexibility index (Phi) is 2.88. The molecule has 2 aromatic carbocycles. The lowest BCUT2D eigenvalue weighted by Crippen LogP contribution is -2.08. The molecule has 1 aliphatic rings. The molecule has 1 N–H and O–H groups in total. The second kappa shape index (κ2) is 4.68. The van der Waals surface area contributed by atoms with Gasteiger partial charge in [0.05, 0.1) is 0 Å². The first kappa shape index (κ1) is 10.5. The molecule has 3 rings (SSSR count). The van der Waals surface area contributed by atoms with Crippen LogP contribution in [0, 0.1) is 0 Å². The van der Waals surface area contributed by atoms with Gasteiger partial charge in [0.1, 0.15) is 0 Å². The Hall–Kier alpha value is -1.67. The second-order valence-corrected chi connectivity index (χ2v) is 5.14. The van der Waals surface area contributed by atoms with Gasteiger partial charge in [0, 0.05) is 22.0 Å². The molecule has 0 atom stereocenters. The first-order valence-electron chi connectivity index (χ1n) is 5.68. The number of hydrogen-bond donors (Lipinski definition) is 1. The lowest BCUT2D eigenvalue weighted by atomic mass is 10.2. The molecule has 0 bridgehead atoms. The molecule has 1 aliphatic heterocycles. The molecule has 0 radical (unpaired) electrons. The van der Waals surface area contributed by atoms with E-state index in [0.717, 1.165) is 6.54 Å². The number of rotatable bonds is 1. The van der Waals surface area contributed by atoms with E-state index in [-0.39, 0.29) is 0 Å². The van der Waals surface area contributed by atoms with Crippen molar-refractivity contribution >= 4 is 23.5 Å². The van der Waals surface area contributed by atoms with Crippen LogP contribution in [0.5, 0.6) is 0 Å². The predicted octanol–water partition coefficient (Wildman–Crippen LogP) is 4.25. The molecule has 0 saturated carbocycles. The first-order chi connectivity index (χ1) is 8.42. The fourth-order valence-electron chi connectivity index (χ4n) is 1.88. The lowest BCUT2D eigenvalue weighted by Gasteiger charge is -2.19. The van der Waals surface area contributed by atoms with Gasteiger partial charge in [-0.3, -0.25) is 0 Å². The number of hydrogen-bond acceptors (Lipinski definition) is 2. The Balaban J connectivity index is 1.87. The molecule has 0 fully saturated rings. The van der Waals surface area contributed by atoms with Crippen LogP contribution in [0.25, 0.3) is 6.08 Å².